The van der Waals surface area contributed by atoms with E-state index in [2.05, 4.69) is 20.1 Å². The molecule has 0 atom stereocenters. The van der Waals surface area contributed by atoms with Gasteiger partial charge in [-0.25, -0.2) is 4.98 Å². The van der Waals surface area contributed by atoms with Crippen LogP contribution in [0, 0.1) is 0 Å². The molecule has 0 bridgehead atoms. The standard InChI is InChI=1S/C20H24N4O3/c25-20(18-2-1-7-21-19(18)24-10-14-27-15-11-24)22-16-3-5-17(6-4-16)23-8-12-26-13-9-23/h1-7H,8-15H2,(H,22,25). The van der Waals surface area contributed by atoms with Crippen molar-refractivity contribution in [3.63, 3.8) is 0 Å². The van der Waals surface area contributed by atoms with Crippen LogP contribution in [0.15, 0.2) is 42.6 Å². The van der Waals surface area contributed by atoms with Crippen LogP contribution in [0.4, 0.5) is 17.2 Å². The maximum absolute atomic E-state index is 12.8. The van der Waals surface area contributed by atoms with Gasteiger partial charge in [0.15, 0.2) is 0 Å². The van der Waals surface area contributed by atoms with Crippen LogP contribution in [0.3, 0.4) is 0 Å². The Bertz CT molecular complexity index is 769. The van der Waals surface area contributed by atoms with E-state index in [4.69, 9.17) is 9.47 Å². The number of nitrogens with one attached hydrogen (secondary N) is 1. The molecule has 3 heterocycles. The van der Waals surface area contributed by atoms with E-state index in [1.807, 2.05) is 30.3 Å². The van der Waals surface area contributed by atoms with Crippen LogP contribution in [0.5, 0.6) is 0 Å². The van der Waals surface area contributed by atoms with Crippen LogP contribution >= 0.6 is 0 Å². The van der Waals surface area contributed by atoms with Crippen LogP contribution in [-0.4, -0.2) is 63.5 Å². The lowest BCUT2D eigenvalue weighted by Gasteiger charge is -2.29. The van der Waals surface area contributed by atoms with Gasteiger partial charge in [0, 0.05) is 43.8 Å². The van der Waals surface area contributed by atoms with E-state index in [1.165, 1.54) is 0 Å². The molecule has 0 radical (unpaired) electrons. The molecule has 2 aromatic rings. The van der Waals surface area contributed by atoms with Crippen molar-refractivity contribution in [1.29, 1.82) is 0 Å². The summed E-state index contributed by atoms with van der Waals surface area (Å²) in [5, 5.41) is 2.99. The first-order chi connectivity index (χ1) is 13.3. The molecular formula is C20H24N4O3. The van der Waals surface area contributed by atoms with Gasteiger partial charge in [-0.3, -0.25) is 4.79 Å². The zero-order valence-corrected chi connectivity index (χ0v) is 15.3. The van der Waals surface area contributed by atoms with Crippen molar-refractivity contribution < 1.29 is 14.3 Å². The summed E-state index contributed by atoms with van der Waals surface area (Å²) in [6.45, 7) is 6.08. The Morgan fingerprint density at radius 1 is 0.889 bits per heavy atom. The molecule has 0 aliphatic carbocycles. The molecule has 0 unspecified atom stereocenters. The minimum Gasteiger partial charge on any atom is -0.378 e. The molecule has 2 saturated heterocycles. The summed E-state index contributed by atoms with van der Waals surface area (Å²) >= 11 is 0. The SMILES string of the molecule is O=C(Nc1ccc(N2CCOCC2)cc1)c1cccnc1N1CCOCC1. The number of rotatable bonds is 4. The number of benzene rings is 1. The monoisotopic (exact) mass is 368 g/mol. The molecule has 1 aromatic carbocycles. The van der Waals surface area contributed by atoms with Gasteiger partial charge in [0.05, 0.1) is 32.0 Å². The summed E-state index contributed by atoms with van der Waals surface area (Å²) in [5.74, 6) is 0.562. The van der Waals surface area contributed by atoms with E-state index < -0.39 is 0 Å². The number of hydrogen-bond acceptors (Lipinski definition) is 6. The summed E-state index contributed by atoms with van der Waals surface area (Å²) in [7, 11) is 0. The van der Waals surface area contributed by atoms with Crippen molar-refractivity contribution in [2.24, 2.45) is 0 Å². The summed E-state index contributed by atoms with van der Waals surface area (Å²) in [4.78, 5) is 21.6. The number of ether oxygens (including phenoxy) is 2. The molecule has 2 aliphatic rings. The maximum Gasteiger partial charge on any atom is 0.259 e. The first-order valence-electron chi connectivity index (χ1n) is 9.33. The van der Waals surface area contributed by atoms with Gasteiger partial charge < -0.3 is 24.6 Å². The lowest BCUT2D eigenvalue weighted by Crippen LogP contribution is -2.38. The highest BCUT2D eigenvalue weighted by atomic mass is 16.5. The predicted octanol–water partition coefficient (Wildman–Crippen LogP) is 2.01. The summed E-state index contributed by atoms with van der Waals surface area (Å²) < 4.78 is 10.8. The van der Waals surface area contributed by atoms with Crippen molar-refractivity contribution in [2.45, 2.75) is 0 Å². The summed E-state index contributed by atoms with van der Waals surface area (Å²) in [6, 6.07) is 11.6. The second-order valence-electron chi connectivity index (χ2n) is 6.57. The molecule has 2 aliphatic heterocycles. The van der Waals surface area contributed by atoms with Crippen LogP contribution < -0.4 is 15.1 Å². The molecule has 4 rings (SSSR count). The van der Waals surface area contributed by atoms with Gasteiger partial charge in [0.2, 0.25) is 0 Å². The average molecular weight is 368 g/mol. The molecule has 27 heavy (non-hydrogen) atoms. The third-order valence-electron chi connectivity index (χ3n) is 4.84. The smallest absolute Gasteiger partial charge is 0.259 e. The Morgan fingerprint density at radius 3 is 2.19 bits per heavy atom. The third-order valence-corrected chi connectivity index (χ3v) is 4.84. The van der Waals surface area contributed by atoms with Crippen LogP contribution in [0.1, 0.15) is 10.4 Å². The first kappa shape index (κ1) is 17.8. The minimum atomic E-state index is -0.149. The summed E-state index contributed by atoms with van der Waals surface area (Å²) in [5.41, 5.74) is 2.50. The van der Waals surface area contributed by atoms with Crippen LogP contribution in [0.25, 0.3) is 0 Å². The Morgan fingerprint density at radius 2 is 1.52 bits per heavy atom. The summed E-state index contributed by atoms with van der Waals surface area (Å²) in [6.07, 6.45) is 1.72. The maximum atomic E-state index is 12.8. The zero-order chi connectivity index (χ0) is 18.5. The fourth-order valence-corrected chi connectivity index (χ4v) is 3.38. The van der Waals surface area contributed by atoms with E-state index in [1.54, 1.807) is 12.3 Å². The van der Waals surface area contributed by atoms with Crippen molar-refractivity contribution in [3.8, 4) is 0 Å². The molecule has 1 amide bonds. The molecule has 1 aromatic heterocycles. The predicted molar refractivity (Wildman–Crippen MR) is 105 cm³/mol. The number of morpholine rings is 2. The minimum absolute atomic E-state index is 0.149. The highest BCUT2D eigenvalue weighted by Gasteiger charge is 2.20. The number of anilines is 3. The normalized spacial score (nSPS) is 17.6. The van der Waals surface area contributed by atoms with E-state index in [0.29, 0.717) is 24.6 Å². The molecule has 7 heteroatoms. The topological polar surface area (TPSA) is 66.9 Å². The Kier molecular flexibility index (Phi) is 5.50. The molecular weight excluding hydrogens is 344 g/mol. The molecule has 0 spiro atoms. The largest absolute Gasteiger partial charge is 0.378 e. The van der Waals surface area contributed by atoms with Gasteiger partial charge in [0.1, 0.15) is 5.82 Å². The number of pyridine rings is 1. The molecule has 2 fully saturated rings. The number of carbonyl (C=O) groups is 1. The number of amides is 1. The van der Waals surface area contributed by atoms with Crippen molar-refractivity contribution >= 4 is 23.1 Å². The van der Waals surface area contributed by atoms with E-state index in [9.17, 15) is 4.79 Å². The van der Waals surface area contributed by atoms with Gasteiger partial charge >= 0.3 is 0 Å². The van der Waals surface area contributed by atoms with Gasteiger partial charge in [-0.15, -0.1) is 0 Å². The number of aromatic nitrogens is 1. The van der Waals surface area contributed by atoms with Crippen molar-refractivity contribution in [1.82, 2.24) is 4.98 Å². The lowest BCUT2D eigenvalue weighted by atomic mass is 10.2. The van der Waals surface area contributed by atoms with E-state index >= 15 is 0 Å². The Labute approximate surface area is 158 Å². The number of hydrogen-bond donors (Lipinski definition) is 1. The second-order valence-corrected chi connectivity index (χ2v) is 6.57. The quantitative estimate of drug-likeness (QED) is 0.891. The molecule has 142 valence electrons. The van der Waals surface area contributed by atoms with E-state index in [-0.39, 0.29) is 5.91 Å². The second kappa shape index (κ2) is 8.37. The van der Waals surface area contributed by atoms with Crippen LogP contribution in [-0.2, 0) is 9.47 Å². The van der Waals surface area contributed by atoms with Gasteiger partial charge in [-0.2, -0.15) is 0 Å². The number of carbonyl (C=O) groups excluding carboxylic acids is 1. The van der Waals surface area contributed by atoms with Crippen molar-refractivity contribution in [2.75, 3.05) is 67.7 Å². The Balaban J connectivity index is 1.46. The zero-order valence-electron chi connectivity index (χ0n) is 15.3. The first-order valence-corrected chi connectivity index (χ1v) is 9.33. The van der Waals surface area contributed by atoms with Crippen LogP contribution in [0.2, 0.25) is 0 Å². The van der Waals surface area contributed by atoms with Gasteiger partial charge in [0.25, 0.3) is 5.91 Å². The molecule has 0 saturated carbocycles. The third kappa shape index (κ3) is 4.20. The van der Waals surface area contributed by atoms with E-state index in [0.717, 1.165) is 50.8 Å². The van der Waals surface area contributed by atoms with Gasteiger partial charge in [-0.05, 0) is 36.4 Å². The molecule has 1 N–H and O–H groups in total. The highest BCUT2D eigenvalue weighted by molar-refractivity contribution is 6.07. The van der Waals surface area contributed by atoms with Gasteiger partial charge in [-0.1, -0.05) is 0 Å². The fourth-order valence-electron chi connectivity index (χ4n) is 3.38. The van der Waals surface area contributed by atoms with Crippen molar-refractivity contribution in [3.05, 3.63) is 48.2 Å². The average Bonchev–Trinajstić information content (AvgIpc) is 2.75. The molecule has 7 nitrogen and oxygen atoms in total. The fraction of sp³-hybridized carbons (Fsp3) is 0.400. The highest BCUT2D eigenvalue weighted by Crippen LogP contribution is 2.22. The Hall–Kier alpha value is -2.64. The number of nitrogens with zero attached hydrogens (tertiary/aromatic N) is 3. The lowest BCUT2D eigenvalue weighted by molar-refractivity contribution is 0.102.